The molecular formula is C17H29N3O4. The Kier molecular flexibility index (Phi) is 6.45. The molecule has 2 rings (SSSR count). The zero-order valence-corrected chi connectivity index (χ0v) is 14.7. The van der Waals surface area contributed by atoms with Gasteiger partial charge in [0.2, 0.25) is 11.8 Å². The molecule has 0 saturated carbocycles. The molecule has 0 aromatic rings. The molecule has 0 radical (unpaired) electrons. The molecule has 7 nitrogen and oxygen atoms in total. The molecule has 0 aliphatic carbocycles. The van der Waals surface area contributed by atoms with Crippen molar-refractivity contribution >= 4 is 17.9 Å². The van der Waals surface area contributed by atoms with Crippen molar-refractivity contribution in [2.45, 2.75) is 52.0 Å². The fourth-order valence-corrected chi connectivity index (χ4v) is 3.99. The number of amides is 3. The second-order valence-corrected chi connectivity index (χ2v) is 7.08. The van der Waals surface area contributed by atoms with Crippen LogP contribution in [0.25, 0.3) is 0 Å². The molecule has 0 aromatic carbocycles. The van der Waals surface area contributed by atoms with Crippen molar-refractivity contribution in [3.8, 4) is 0 Å². The minimum Gasteiger partial charge on any atom is -0.465 e. The summed E-state index contributed by atoms with van der Waals surface area (Å²) in [4.78, 5) is 37.7. The van der Waals surface area contributed by atoms with Crippen molar-refractivity contribution in [3.63, 3.8) is 0 Å². The lowest BCUT2D eigenvalue weighted by molar-refractivity contribution is -0.131. The Hall–Kier alpha value is -1.79. The molecule has 0 bridgehead atoms. The predicted molar refractivity (Wildman–Crippen MR) is 89.5 cm³/mol. The second-order valence-electron chi connectivity index (χ2n) is 7.08. The lowest BCUT2D eigenvalue weighted by Crippen LogP contribution is -2.47. The Morgan fingerprint density at radius 2 is 1.42 bits per heavy atom. The minimum absolute atomic E-state index is 0.0644. The Labute approximate surface area is 143 Å². The molecule has 2 aliphatic heterocycles. The summed E-state index contributed by atoms with van der Waals surface area (Å²) in [5.74, 6) is 0.934. The minimum atomic E-state index is -0.977. The number of rotatable bonds is 4. The van der Waals surface area contributed by atoms with Crippen LogP contribution in [0.15, 0.2) is 0 Å². The van der Waals surface area contributed by atoms with Crippen molar-refractivity contribution in [1.29, 1.82) is 0 Å². The molecule has 2 aliphatic rings. The van der Waals surface area contributed by atoms with Crippen LogP contribution < -0.4 is 5.32 Å². The first-order valence-electron chi connectivity index (χ1n) is 8.87. The van der Waals surface area contributed by atoms with Crippen LogP contribution in [0.2, 0.25) is 0 Å². The summed E-state index contributed by atoms with van der Waals surface area (Å²) in [5.41, 5.74) is 0. The van der Waals surface area contributed by atoms with Crippen LogP contribution in [0.1, 0.15) is 46.0 Å². The highest BCUT2D eigenvalue weighted by molar-refractivity contribution is 5.73. The number of hydrogen-bond acceptors (Lipinski definition) is 3. The predicted octanol–water partition coefficient (Wildman–Crippen LogP) is 1.53. The van der Waals surface area contributed by atoms with Crippen molar-refractivity contribution < 1.29 is 19.5 Å². The number of likely N-dealkylation sites (tertiary alicyclic amines) is 2. The Balaban J connectivity index is 1.88. The lowest BCUT2D eigenvalue weighted by atomic mass is 9.81. The number of carboxylic acid groups (broad SMARTS) is 1. The number of carbonyl (C=O) groups excluding carboxylic acids is 2. The maximum absolute atomic E-state index is 11.4. The molecule has 3 amide bonds. The van der Waals surface area contributed by atoms with Crippen molar-refractivity contribution in [2.24, 2.45) is 11.8 Å². The highest BCUT2D eigenvalue weighted by Crippen LogP contribution is 2.29. The molecule has 7 heteroatoms. The van der Waals surface area contributed by atoms with Crippen LogP contribution in [0.4, 0.5) is 4.79 Å². The van der Waals surface area contributed by atoms with Gasteiger partial charge in [-0.15, -0.1) is 0 Å². The summed E-state index contributed by atoms with van der Waals surface area (Å²) in [6, 6.07) is -0.0644. The van der Waals surface area contributed by atoms with Gasteiger partial charge in [0.1, 0.15) is 0 Å². The van der Waals surface area contributed by atoms with Gasteiger partial charge in [0, 0.05) is 46.1 Å². The van der Waals surface area contributed by atoms with E-state index in [1.54, 1.807) is 13.8 Å². The van der Waals surface area contributed by atoms with Crippen LogP contribution in [0.3, 0.4) is 0 Å². The van der Waals surface area contributed by atoms with Crippen LogP contribution in [0, 0.1) is 11.8 Å². The summed E-state index contributed by atoms with van der Waals surface area (Å²) in [5, 5.41) is 11.9. The van der Waals surface area contributed by atoms with E-state index in [0.717, 1.165) is 45.2 Å². The van der Waals surface area contributed by atoms with E-state index >= 15 is 0 Å². The summed E-state index contributed by atoms with van der Waals surface area (Å²) in [6.45, 7) is 6.13. The van der Waals surface area contributed by atoms with Crippen molar-refractivity contribution in [1.82, 2.24) is 15.1 Å². The summed E-state index contributed by atoms with van der Waals surface area (Å²) in [7, 11) is 0. The third-order valence-electron chi connectivity index (χ3n) is 5.51. The molecule has 0 aromatic heterocycles. The number of piperidine rings is 2. The molecular weight excluding hydrogens is 310 g/mol. The smallest absolute Gasteiger partial charge is 0.404 e. The number of hydrogen-bond donors (Lipinski definition) is 2. The van der Waals surface area contributed by atoms with E-state index in [1.165, 1.54) is 0 Å². The van der Waals surface area contributed by atoms with Crippen LogP contribution in [0.5, 0.6) is 0 Å². The molecule has 1 unspecified atom stereocenters. The molecule has 24 heavy (non-hydrogen) atoms. The molecule has 2 saturated heterocycles. The van der Waals surface area contributed by atoms with Gasteiger partial charge in [-0.3, -0.25) is 9.59 Å². The normalized spacial score (nSPS) is 21.4. The standard InChI is InChI=1S/C17H29N3O4/c1-12(21)19-7-3-14(4-8-19)11-16(18-17(23)24)15-5-9-20(10-6-15)13(2)22/h14-16,18H,3-11H2,1-2H3,(H,23,24). The maximum Gasteiger partial charge on any atom is 0.404 e. The van der Waals surface area contributed by atoms with E-state index in [1.807, 2.05) is 9.80 Å². The SMILES string of the molecule is CC(=O)N1CCC(CC(NC(=O)O)C2CCN(C(C)=O)CC2)CC1. The van der Waals surface area contributed by atoms with Gasteiger partial charge in [0.15, 0.2) is 0 Å². The molecule has 0 spiro atoms. The summed E-state index contributed by atoms with van der Waals surface area (Å²) < 4.78 is 0. The van der Waals surface area contributed by atoms with Gasteiger partial charge in [0.25, 0.3) is 0 Å². The zero-order chi connectivity index (χ0) is 17.7. The molecule has 2 fully saturated rings. The van der Waals surface area contributed by atoms with E-state index in [4.69, 9.17) is 0 Å². The Morgan fingerprint density at radius 3 is 1.83 bits per heavy atom. The highest BCUT2D eigenvalue weighted by atomic mass is 16.4. The largest absolute Gasteiger partial charge is 0.465 e. The van der Waals surface area contributed by atoms with Gasteiger partial charge in [-0.1, -0.05) is 0 Å². The number of nitrogens with one attached hydrogen (secondary N) is 1. The van der Waals surface area contributed by atoms with Gasteiger partial charge in [-0.05, 0) is 43.9 Å². The molecule has 2 heterocycles. The van der Waals surface area contributed by atoms with Crippen LogP contribution >= 0.6 is 0 Å². The van der Waals surface area contributed by atoms with E-state index in [2.05, 4.69) is 5.32 Å². The lowest BCUT2D eigenvalue weighted by Gasteiger charge is -2.38. The van der Waals surface area contributed by atoms with E-state index < -0.39 is 6.09 Å². The maximum atomic E-state index is 11.4. The fourth-order valence-electron chi connectivity index (χ4n) is 3.99. The third kappa shape index (κ3) is 5.11. The monoisotopic (exact) mass is 339 g/mol. The van der Waals surface area contributed by atoms with E-state index in [-0.39, 0.29) is 23.8 Å². The van der Waals surface area contributed by atoms with Crippen LogP contribution in [-0.2, 0) is 9.59 Å². The first-order valence-corrected chi connectivity index (χ1v) is 8.87. The fraction of sp³-hybridized carbons (Fsp3) is 0.824. The number of carbonyl (C=O) groups is 3. The average molecular weight is 339 g/mol. The molecule has 2 N–H and O–H groups in total. The van der Waals surface area contributed by atoms with Gasteiger partial charge >= 0.3 is 6.09 Å². The second kappa shape index (κ2) is 8.35. The molecule has 136 valence electrons. The average Bonchev–Trinajstić information content (AvgIpc) is 2.54. The van der Waals surface area contributed by atoms with Crippen molar-refractivity contribution in [3.05, 3.63) is 0 Å². The number of nitrogens with zero attached hydrogens (tertiary/aromatic N) is 2. The van der Waals surface area contributed by atoms with E-state index in [9.17, 15) is 19.5 Å². The van der Waals surface area contributed by atoms with Gasteiger partial charge in [0.05, 0.1) is 0 Å². The summed E-state index contributed by atoms with van der Waals surface area (Å²) in [6.07, 6.45) is 3.40. The van der Waals surface area contributed by atoms with Gasteiger partial charge < -0.3 is 20.2 Å². The Bertz CT molecular complexity index is 466. The Morgan fingerprint density at radius 1 is 0.958 bits per heavy atom. The quantitative estimate of drug-likeness (QED) is 0.813. The first-order chi connectivity index (χ1) is 11.4. The van der Waals surface area contributed by atoms with Gasteiger partial charge in [-0.2, -0.15) is 0 Å². The zero-order valence-electron chi connectivity index (χ0n) is 14.7. The summed E-state index contributed by atoms with van der Waals surface area (Å²) >= 11 is 0. The third-order valence-corrected chi connectivity index (χ3v) is 5.51. The first kappa shape index (κ1) is 18.5. The molecule has 1 atom stereocenters. The van der Waals surface area contributed by atoms with Gasteiger partial charge in [-0.25, -0.2) is 4.79 Å². The van der Waals surface area contributed by atoms with Crippen LogP contribution in [-0.4, -0.2) is 65.0 Å². The highest BCUT2D eigenvalue weighted by Gasteiger charge is 2.31. The van der Waals surface area contributed by atoms with E-state index in [0.29, 0.717) is 19.0 Å². The van der Waals surface area contributed by atoms with Crippen molar-refractivity contribution in [2.75, 3.05) is 26.2 Å². The topological polar surface area (TPSA) is 89.9 Å².